The highest BCUT2D eigenvalue weighted by Gasteiger charge is 2.52. The monoisotopic (exact) mass is 794 g/mol. The number of nitrogens with one attached hydrogen (secondary N) is 2. The van der Waals surface area contributed by atoms with Gasteiger partial charge in [0.05, 0.1) is 41.5 Å². The van der Waals surface area contributed by atoms with Gasteiger partial charge in [0.15, 0.2) is 5.11 Å². The molecule has 4 aliphatic rings. The number of nitriles is 1. The summed E-state index contributed by atoms with van der Waals surface area (Å²) in [5, 5.41) is 14.7. The Kier molecular flexibility index (Phi) is 12.2. The molecule has 300 valence electrons. The fraction of sp³-hybridized carbons (Fsp3) is 0.561. The molecule has 2 aromatic rings. The first-order chi connectivity index (χ1) is 26.5. The summed E-state index contributed by atoms with van der Waals surface area (Å²) in [6, 6.07) is 12.4. The summed E-state index contributed by atoms with van der Waals surface area (Å²) in [6.45, 7) is 8.67. The van der Waals surface area contributed by atoms with Crippen molar-refractivity contribution >= 4 is 52.3 Å². The Hall–Kier alpha value is -4.39. The van der Waals surface area contributed by atoms with E-state index in [1.165, 1.54) is 11.0 Å². The maximum absolute atomic E-state index is 13.7. The number of piperidine rings is 2. The van der Waals surface area contributed by atoms with Crippen LogP contribution in [0.1, 0.15) is 108 Å². The molecule has 2 aromatic carbocycles. The van der Waals surface area contributed by atoms with Crippen LogP contribution in [0.2, 0.25) is 0 Å². The van der Waals surface area contributed by atoms with Crippen molar-refractivity contribution in [2.45, 2.75) is 127 Å². The molecule has 1 unspecified atom stereocenters. The van der Waals surface area contributed by atoms with E-state index in [4.69, 9.17) is 17.0 Å². The number of carbonyl (C=O) groups excluding carboxylic acids is 4. The van der Waals surface area contributed by atoms with E-state index in [0.717, 1.165) is 62.6 Å². The van der Waals surface area contributed by atoms with Crippen molar-refractivity contribution in [3.8, 4) is 6.07 Å². The predicted molar refractivity (Wildman–Crippen MR) is 207 cm³/mol. The Balaban J connectivity index is 0.942. The van der Waals surface area contributed by atoms with Crippen LogP contribution in [0.5, 0.6) is 0 Å². The molecule has 6 rings (SSSR count). The highest BCUT2D eigenvalue weighted by molar-refractivity contribution is 7.80. The predicted octanol–water partition coefficient (Wildman–Crippen LogP) is 6.65. The Labute approximate surface area is 330 Å². The molecule has 4 atom stereocenters. The molecule has 0 bridgehead atoms. The summed E-state index contributed by atoms with van der Waals surface area (Å²) >= 11 is 5.74. The van der Waals surface area contributed by atoms with Crippen molar-refractivity contribution in [1.29, 1.82) is 5.26 Å². The highest BCUT2D eigenvalue weighted by Crippen LogP contribution is 2.41. The van der Waals surface area contributed by atoms with Crippen molar-refractivity contribution in [2.24, 2.45) is 5.92 Å². The van der Waals surface area contributed by atoms with Gasteiger partial charge in [-0.25, -0.2) is 0 Å². The minimum Gasteiger partial charge on any atom is -0.378 e. The van der Waals surface area contributed by atoms with Crippen LogP contribution in [-0.2, 0) is 30.1 Å². The zero-order chi connectivity index (χ0) is 40.5. The summed E-state index contributed by atoms with van der Waals surface area (Å²) in [7, 11) is 0. The number of rotatable bonds is 10. The first kappa shape index (κ1) is 41.2. The summed E-state index contributed by atoms with van der Waals surface area (Å²) in [4.78, 5) is 55.6. The fourth-order valence-corrected chi connectivity index (χ4v) is 9.58. The number of alkyl halides is 3. The molecule has 4 fully saturated rings. The number of amides is 4. The van der Waals surface area contributed by atoms with Gasteiger partial charge in [-0.1, -0.05) is 12.1 Å². The molecule has 1 aliphatic carbocycles. The quantitative estimate of drug-likeness (QED) is 0.200. The molecule has 3 saturated heterocycles. The second kappa shape index (κ2) is 16.6. The number of anilines is 2. The zero-order valence-corrected chi connectivity index (χ0v) is 33.0. The average Bonchev–Trinajstić information content (AvgIpc) is 3.32. The van der Waals surface area contributed by atoms with E-state index in [9.17, 15) is 37.6 Å². The lowest BCUT2D eigenvalue weighted by atomic mass is 9.85. The third-order valence-corrected chi connectivity index (χ3v) is 12.3. The number of halogens is 3. The molecular formula is C41H49F3N6O5S. The van der Waals surface area contributed by atoms with Gasteiger partial charge in [0.1, 0.15) is 5.54 Å². The molecule has 2 N–H and O–H groups in total. The number of likely N-dealkylation sites (tertiary alicyclic amines) is 1. The number of nitrogens with zero attached hydrogens (tertiary/aromatic N) is 4. The van der Waals surface area contributed by atoms with Crippen LogP contribution in [0.3, 0.4) is 0 Å². The van der Waals surface area contributed by atoms with Crippen molar-refractivity contribution in [3.05, 3.63) is 59.2 Å². The first-order valence-electron chi connectivity index (χ1n) is 19.4. The van der Waals surface area contributed by atoms with Gasteiger partial charge in [0.25, 0.3) is 5.91 Å². The maximum Gasteiger partial charge on any atom is 0.417 e. The second-order valence-electron chi connectivity index (χ2n) is 16.2. The van der Waals surface area contributed by atoms with Crippen molar-refractivity contribution < 1.29 is 37.1 Å². The second-order valence-corrected chi connectivity index (χ2v) is 16.5. The Morgan fingerprint density at radius 2 is 1.68 bits per heavy atom. The van der Waals surface area contributed by atoms with Crippen molar-refractivity contribution in [3.63, 3.8) is 0 Å². The third-order valence-electron chi connectivity index (χ3n) is 11.9. The van der Waals surface area contributed by atoms with Gasteiger partial charge in [-0.05, 0) is 133 Å². The van der Waals surface area contributed by atoms with Gasteiger partial charge in [-0.2, -0.15) is 18.4 Å². The SMILES string of the molecule is C[C@@H]1C[C@H](CCO[C@H]2CC[C@H](N3C(=S)N(c4ccc(C#N)c(C(F)(F)F)c4)C(=O)C3(C)C)CC2)C[C@H](C)N1CC(=O)Nc1ccc(C2CCC(=O)NC2=O)cc1. The smallest absolute Gasteiger partial charge is 0.378 e. The number of benzene rings is 2. The molecule has 11 nitrogen and oxygen atoms in total. The van der Waals surface area contributed by atoms with E-state index < -0.39 is 28.7 Å². The molecule has 56 heavy (non-hydrogen) atoms. The molecule has 4 amide bonds. The molecule has 3 heterocycles. The number of imide groups is 1. The van der Waals surface area contributed by atoms with Gasteiger partial charge in [-0.3, -0.25) is 34.3 Å². The normalized spacial score (nSPS) is 27.2. The number of carbonyl (C=O) groups is 4. The molecule has 1 saturated carbocycles. The van der Waals surface area contributed by atoms with E-state index in [0.29, 0.717) is 31.1 Å². The topological polar surface area (TPSA) is 135 Å². The Morgan fingerprint density at radius 3 is 2.29 bits per heavy atom. The van der Waals surface area contributed by atoms with Crippen LogP contribution in [0.25, 0.3) is 0 Å². The largest absolute Gasteiger partial charge is 0.417 e. The van der Waals surface area contributed by atoms with Gasteiger partial charge >= 0.3 is 6.18 Å². The lowest BCUT2D eigenvalue weighted by molar-refractivity contribution is -0.138. The minimum atomic E-state index is -4.76. The van der Waals surface area contributed by atoms with E-state index in [1.807, 2.05) is 17.0 Å². The summed E-state index contributed by atoms with van der Waals surface area (Å²) < 4.78 is 47.5. The molecule has 0 aromatic heterocycles. The van der Waals surface area contributed by atoms with Gasteiger partial charge in [0, 0.05) is 36.8 Å². The summed E-state index contributed by atoms with van der Waals surface area (Å²) in [5.41, 5.74) is -1.22. The van der Waals surface area contributed by atoms with Gasteiger partial charge in [0.2, 0.25) is 17.7 Å². The Morgan fingerprint density at radius 1 is 1.02 bits per heavy atom. The van der Waals surface area contributed by atoms with E-state index in [2.05, 4.69) is 29.4 Å². The van der Waals surface area contributed by atoms with Crippen LogP contribution < -0.4 is 15.5 Å². The van der Waals surface area contributed by atoms with E-state index in [-0.39, 0.29) is 65.2 Å². The molecular weight excluding hydrogens is 746 g/mol. The minimum absolute atomic E-state index is 0.00712. The molecule has 15 heteroatoms. The molecule has 0 radical (unpaired) electrons. The maximum atomic E-state index is 13.7. The van der Waals surface area contributed by atoms with Crippen LogP contribution in [0, 0.1) is 17.2 Å². The lowest BCUT2D eigenvalue weighted by Crippen LogP contribution is -2.51. The number of hydrogen-bond donors (Lipinski definition) is 2. The number of thiocarbonyl (C=S) groups is 1. The van der Waals surface area contributed by atoms with E-state index >= 15 is 0 Å². The van der Waals surface area contributed by atoms with Crippen LogP contribution in [0.4, 0.5) is 24.5 Å². The first-order valence-corrected chi connectivity index (χ1v) is 19.8. The summed E-state index contributed by atoms with van der Waals surface area (Å²) in [5.74, 6) is -0.975. The average molecular weight is 795 g/mol. The van der Waals surface area contributed by atoms with E-state index in [1.54, 1.807) is 32.0 Å². The molecule has 3 aliphatic heterocycles. The van der Waals surface area contributed by atoms with Gasteiger partial charge in [-0.15, -0.1) is 0 Å². The standard InChI is InChI=1S/C41H49F3N6O5S/c1-24-19-26(20-25(2)48(24)23-36(52)46-29-8-5-27(6-9-29)33-15-16-35(51)47-37(33)53)17-18-55-32-13-11-30(12-14-32)50-39(56)49(38(54)40(50,3)4)31-10-7-28(22-45)34(21-31)41(42,43)44/h5-10,21,24-26,30,32-33H,11-20,23H2,1-4H3,(H,46,52)(H,47,51,53)/t24-,25+,26+,30-,32-,33?. The van der Waals surface area contributed by atoms with Crippen molar-refractivity contribution in [1.82, 2.24) is 15.1 Å². The highest BCUT2D eigenvalue weighted by atomic mass is 32.1. The number of ether oxygens (including phenoxy) is 1. The third kappa shape index (κ3) is 8.77. The van der Waals surface area contributed by atoms with Crippen molar-refractivity contribution in [2.75, 3.05) is 23.4 Å². The lowest BCUT2D eigenvalue weighted by Gasteiger charge is -2.42. The zero-order valence-electron chi connectivity index (χ0n) is 32.2. The molecule has 0 spiro atoms. The van der Waals surface area contributed by atoms with Crippen LogP contribution in [0.15, 0.2) is 42.5 Å². The summed E-state index contributed by atoms with van der Waals surface area (Å²) in [6.07, 6.45) is 1.85. The fourth-order valence-electron chi connectivity index (χ4n) is 9.02. The number of hydrogen-bond acceptors (Lipinski definition) is 8. The Bertz CT molecular complexity index is 1880. The van der Waals surface area contributed by atoms with Crippen LogP contribution in [-0.4, -0.2) is 81.5 Å². The van der Waals surface area contributed by atoms with Gasteiger partial charge < -0.3 is 15.0 Å². The van der Waals surface area contributed by atoms with Crippen LogP contribution >= 0.6 is 12.2 Å².